The van der Waals surface area contributed by atoms with Gasteiger partial charge >= 0.3 is 0 Å². The zero-order chi connectivity index (χ0) is 8.40. The molecular formula is C10H14Br2. The van der Waals surface area contributed by atoms with Crippen molar-refractivity contribution in [3.05, 3.63) is 0 Å². The van der Waals surface area contributed by atoms with E-state index >= 15 is 0 Å². The zero-order valence-electron chi connectivity index (χ0n) is 7.15. The quantitative estimate of drug-likeness (QED) is 0.595. The van der Waals surface area contributed by atoms with Gasteiger partial charge in [0.1, 0.15) is 0 Å². The Kier molecular flexibility index (Phi) is 1.59. The molecule has 4 unspecified atom stereocenters. The van der Waals surface area contributed by atoms with Crippen molar-refractivity contribution in [3.63, 3.8) is 0 Å². The van der Waals surface area contributed by atoms with Crippen LogP contribution in [0.25, 0.3) is 0 Å². The second-order valence-corrected chi connectivity index (χ2v) is 7.76. The Hall–Kier alpha value is 0.960. The monoisotopic (exact) mass is 292 g/mol. The van der Waals surface area contributed by atoms with Crippen LogP contribution in [0, 0.1) is 11.8 Å². The van der Waals surface area contributed by atoms with Gasteiger partial charge in [0.15, 0.2) is 0 Å². The number of hydrogen-bond donors (Lipinski definition) is 0. The lowest BCUT2D eigenvalue weighted by molar-refractivity contribution is 0.315. The Bertz CT molecular complexity index is 228. The van der Waals surface area contributed by atoms with Gasteiger partial charge in [0, 0.05) is 8.65 Å². The molecule has 68 valence electrons. The maximum absolute atomic E-state index is 4.04. The molecule has 0 spiro atoms. The summed E-state index contributed by atoms with van der Waals surface area (Å²) in [6.45, 7) is 0. The van der Waals surface area contributed by atoms with Gasteiger partial charge in [-0.05, 0) is 43.9 Å². The van der Waals surface area contributed by atoms with E-state index in [9.17, 15) is 0 Å². The van der Waals surface area contributed by atoms with Crippen LogP contribution in [-0.4, -0.2) is 8.65 Å². The average Bonchev–Trinajstić information content (AvgIpc) is 2.58. The number of halogens is 2. The van der Waals surface area contributed by atoms with Crippen LogP contribution in [0.15, 0.2) is 0 Å². The van der Waals surface area contributed by atoms with Crippen molar-refractivity contribution < 1.29 is 0 Å². The molecule has 3 fully saturated rings. The largest absolute Gasteiger partial charge is 0.0838 e. The SMILES string of the molecule is BrC12CCC(C1)C1CCCC12Br. The first-order chi connectivity index (χ1) is 5.66. The fraction of sp³-hybridized carbons (Fsp3) is 1.00. The van der Waals surface area contributed by atoms with Crippen LogP contribution < -0.4 is 0 Å². The molecule has 0 radical (unpaired) electrons. The third-order valence-corrected chi connectivity index (χ3v) is 8.16. The zero-order valence-corrected chi connectivity index (χ0v) is 10.3. The lowest BCUT2D eigenvalue weighted by atomic mass is 9.81. The van der Waals surface area contributed by atoms with Crippen molar-refractivity contribution in [2.75, 3.05) is 0 Å². The number of hydrogen-bond acceptors (Lipinski definition) is 0. The van der Waals surface area contributed by atoms with Gasteiger partial charge in [0.05, 0.1) is 0 Å². The van der Waals surface area contributed by atoms with Crippen LogP contribution in [0.3, 0.4) is 0 Å². The van der Waals surface area contributed by atoms with E-state index in [1.54, 1.807) is 0 Å². The molecule has 3 rings (SSSR count). The summed E-state index contributed by atoms with van der Waals surface area (Å²) in [7, 11) is 0. The van der Waals surface area contributed by atoms with E-state index in [1.165, 1.54) is 38.5 Å². The molecular weight excluding hydrogens is 280 g/mol. The van der Waals surface area contributed by atoms with E-state index in [2.05, 4.69) is 31.9 Å². The number of alkyl halides is 2. The third kappa shape index (κ3) is 0.755. The van der Waals surface area contributed by atoms with Crippen molar-refractivity contribution in [1.29, 1.82) is 0 Å². The topological polar surface area (TPSA) is 0 Å². The van der Waals surface area contributed by atoms with Crippen molar-refractivity contribution in [3.8, 4) is 0 Å². The lowest BCUT2D eigenvalue weighted by Gasteiger charge is -2.39. The minimum atomic E-state index is 0.478. The van der Waals surface area contributed by atoms with Gasteiger partial charge in [-0.1, -0.05) is 38.3 Å². The second kappa shape index (κ2) is 2.31. The van der Waals surface area contributed by atoms with Gasteiger partial charge in [-0.3, -0.25) is 0 Å². The molecule has 2 heteroatoms. The Balaban J connectivity index is 2.06. The van der Waals surface area contributed by atoms with Crippen LogP contribution in [0.4, 0.5) is 0 Å². The maximum Gasteiger partial charge on any atom is 0.0441 e. The third-order valence-electron chi connectivity index (χ3n) is 4.45. The summed E-state index contributed by atoms with van der Waals surface area (Å²) in [6.07, 6.45) is 8.63. The fourth-order valence-corrected chi connectivity index (χ4v) is 6.29. The van der Waals surface area contributed by atoms with E-state index < -0.39 is 0 Å². The molecule has 12 heavy (non-hydrogen) atoms. The Morgan fingerprint density at radius 1 is 1.08 bits per heavy atom. The molecule has 0 N–H and O–H groups in total. The van der Waals surface area contributed by atoms with E-state index in [0.717, 1.165) is 11.8 Å². The summed E-state index contributed by atoms with van der Waals surface area (Å²) in [6, 6.07) is 0. The van der Waals surface area contributed by atoms with Crippen LogP contribution in [-0.2, 0) is 0 Å². The van der Waals surface area contributed by atoms with E-state index in [-0.39, 0.29) is 0 Å². The highest BCUT2D eigenvalue weighted by molar-refractivity contribution is 9.13. The van der Waals surface area contributed by atoms with Crippen LogP contribution >= 0.6 is 31.9 Å². The highest BCUT2D eigenvalue weighted by Crippen LogP contribution is 2.70. The standard InChI is InChI=1S/C10H14Br2/c11-9-5-3-7(6-9)8-2-1-4-10(8,9)12/h7-8H,1-6H2. The first kappa shape index (κ1) is 8.28. The highest BCUT2D eigenvalue weighted by Gasteiger charge is 2.66. The predicted molar refractivity (Wildman–Crippen MR) is 58.0 cm³/mol. The first-order valence-electron chi connectivity index (χ1n) is 5.04. The smallest absolute Gasteiger partial charge is 0.0441 e. The lowest BCUT2D eigenvalue weighted by Crippen LogP contribution is -2.42. The number of rotatable bonds is 0. The van der Waals surface area contributed by atoms with Gasteiger partial charge in [-0.2, -0.15) is 0 Å². The highest BCUT2D eigenvalue weighted by atomic mass is 79.9. The fourth-order valence-electron chi connectivity index (χ4n) is 3.91. The summed E-state index contributed by atoms with van der Waals surface area (Å²) in [4.78, 5) is 0. The summed E-state index contributed by atoms with van der Waals surface area (Å²) < 4.78 is 0.967. The predicted octanol–water partition coefficient (Wildman–Crippen LogP) is 3.87. The molecule has 0 aromatic heterocycles. The molecule has 0 nitrogen and oxygen atoms in total. The Morgan fingerprint density at radius 2 is 1.92 bits per heavy atom. The maximum atomic E-state index is 4.04. The van der Waals surface area contributed by atoms with Crippen LogP contribution in [0.5, 0.6) is 0 Å². The minimum Gasteiger partial charge on any atom is -0.0838 e. The van der Waals surface area contributed by atoms with E-state index in [4.69, 9.17) is 0 Å². The van der Waals surface area contributed by atoms with E-state index in [1.807, 2.05) is 0 Å². The molecule has 0 aromatic rings. The molecule has 2 bridgehead atoms. The molecule has 0 saturated heterocycles. The molecule has 0 amide bonds. The van der Waals surface area contributed by atoms with Crippen molar-refractivity contribution >= 4 is 31.9 Å². The molecule has 4 atom stereocenters. The minimum absolute atomic E-state index is 0.478. The summed E-state index contributed by atoms with van der Waals surface area (Å²) in [5, 5.41) is 0. The van der Waals surface area contributed by atoms with Crippen LogP contribution in [0.1, 0.15) is 38.5 Å². The molecule has 3 aliphatic rings. The van der Waals surface area contributed by atoms with Crippen molar-refractivity contribution in [1.82, 2.24) is 0 Å². The number of fused-ring (bicyclic) bond motifs is 5. The van der Waals surface area contributed by atoms with Gasteiger partial charge in [-0.25, -0.2) is 0 Å². The molecule has 3 aliphatic carbocycles. The molecule has 0 aliphatic heterocycles. The molecule has 0 aromatic carbocycles. The van der Waals surface area contributed by atoms with Crippen LogP contribution in [0.2, 0.25) is 0 Å². The van der Waals surface area contributed by atoms with Gasteiger partial charge in [0.2, 0.25) is 0 Å². The first-order valence-corrected chi connectivity index (χ1v) is 6.62. The van der Waals surface area contributed by atoms with Crippen molar-refractivity contribution in [2.24, 2.45) is 11.8 Å². The van der Waals surface area contributed by atoms with Gasteiger partial charge in [0.25, 0.3) is 0 Å². The molecule has 3 saturated carbocycles. The van der Waals surface area contributed by atoms with Gasteiger partial charge < -0.3 is 0 Å². The van der Waals surface area contributed by atoms with Gasteiger partial charge in [-0.15, -0.1) is 0 Å². The summed E-state index contributed by atoms with van der Waals surface area (Å²) in [5.74, 6) is 2.02. The molecule has 0 heterocycles. The average molecular weight is 294 g/mol. The Morgan fingerprint density at radius 3 is 2.67 bits per heavy atom. The summed E-state index contributed by atoms with van der Waals surface area (Å²) >= 11 is 8.04. The normalized spacial score (nSPS) is 62.5. The second-order valence-electron chi connectivity index (χ2n) is 4.83. The van der Waals surface area contributed by atoms with E-state index in [0.29, 0.717) is 8.65 Å². The summed E-state index contributed by atoms with van der Waals surface area (Å²) in [5.41, 5.74) is 0. The van der Waals surface area contributed by atoms with Crippen molar-refractivity contribution in [2.45, 2.75) is 47.2 Å². The Labute approximate surface area is 90.7 Å².